The van der Waals surface area contributed by atoms with Gasteiger partial charge in [-0.1, -0.05) is 41.3 Å². The second-order valence-electron chi connectivity index (χ2n) is 4.24. The number of nitrogens with one attached hydrogen (secondary N) is 1. The van der Waals surface area contributed by atoms with Gasteiger partial charge in [-0.25, -0.2) is 0 Å². The van der Waals surface area contributed by atoms with Gasteiger partial charge in [-0.3, -0.25) is 0 Å². The van der Waals surface area contributed by atoms with Crippen molar-refractivity contribution in [2.75, 3.05) is 0 Å². The summed E-state index contributed by atoms with van der Waals surface area (Å²) in [5.41, 5.74) is 1.09. The first-order valence-electron chi connectivity index (χ1n) is 6.07. The molecule has 0 radical (unpaired) electrons. The Balaban J connectivity index is 2.05. The van der Waals surface area contributed by atoms with Gasteiger partial charge in [0.1, 0.15) is 0 Å². The minimum atomic E-state index is 0.175. The molecule has 0 fully saturated rings. The number of nitrogens with zero attached hydrogens (tertiary/aromatic N) is 2. The first-order valence-corrected chi connectivity index (χ1v) is 6.83. The highest BCUT2D eigenvalue weighted by atomic mass is 35.5. The first-order chi connectivity index (χ1) is 9.10. The number of aromatic nitrogens is 2. The van der Waals surface area contributed by atoms with Crippen molar-refractivity contribution in [1.29, 1.82) is 0 Å². The summed E-state index contributed by atoms with van der Waals surface area (Å²) in [6.07, 6.45) is 0.925. The zero-order valence-electron chi connectivity index (χ0n) is 10.8. The molecule has 2 aromatic rings. The Morgan fingerprint density at radius 2 is 2.11 bits per heavy atom. The van der Waals surface area contributed by atoms with Gasteiger partial charge in [0, 0.05) is 13.0 Å². The molecule has 102 valence electrons. The number of aryl methyl sites for hydroxylation is 1. The summed E-state index contributed by atoms with van der Waals surface area (Å²) in [6, 6.07) is 5.83. The Hall–Kier alpha value is -1.10. The summed E-state index contributed by atoms with van der Waals surface area (Å²) in [4.78, 5) is 4.15. The summed E-state index contributed by atoms with van der Waals surface area (Å²) in [7, 11) is 0. The maximum absolute atomic E-state index is 6.04. The van der Waals surface area contributed by atoms with Crippen LogP contribution in [-0.2, 0) is 6.54 Å². The molecule has 1 heterocycles. The van der Waals surface area contributed by atoms with Crippen molar-refractivity contribution in [3.63, 3.8) is 0 Å². The normalized spacial score (nSPS) is 12.6. The Bertz CT molecular complexity index is 557. The monoisotopic (exact) mass is 299 g/mol. The van der Waals surface area contributed by atoms with Gasteiger partial charge in [0.25, 0.3) is 0 Å². The maximum Gasteiger partial charge on any atom is 0.223 e. The summed E-state index contributed by atoms with van der Waals surface area (Å²) in [5.74, 6) is 1.22. The van der Waals surface area contributed by atoms with Gasteiger partial charge in [0.05, 0.1) is 16.6 Å². The van der Waals surface area contributed by atoms with E-state index in [-0.39, 0.29) is 6.04 Å². The Kier molecular flexibility index (Phi) is 4.80. The third kappa shape index (κ3) is 3.69. The van der Waals surface area contributed by atoms with Crippen LogP contribution < -0.4 is 5.32 Å². The van der Waals surface area contributed by atoms with Gasteiger partial charge < -0.3 is 9.84 Å². The molecular weight excluding hydrogens is 285 g/mol. The molecule has 0 amide bonds. The lowest BCUT2D eigenvalue weighted by atomic mass is 10.0. The van der Waals surface area contributed by atoms with E-state index in [0.29, 0.717) is 28.3 Å². The number of hydrogen-bond acceptors (Lipinski definition) is 4. The van der Waals surface area contributed by atoms with Crippen LogP contribution in [0.5, 0.6) is 0 Å². The highest BCUT2D eigenvalue weighted by Crippen LogP contribution is 2.26. The third-order valence-electron chi connectivity index (χ3n) is 2.83. The van der Waals surface area contributed by atoms with E-state index < -0.39 is 0 Å². The molecule has 0 saturated carbocycles. The fourth-order valence-electron chi connectivity index (χ4n) is 1.85. The van der Waals surface area contributed by atoms with Crippen LogP contribution in [0.2, 0.25) is 10.0 Å². The fraction of sp³-hybridized carbons (Fsp3) is 0.385. The molecule has 1 aromatic carbocycles. The van der Waals surface area contributed by atoms with E-state index in [1.165, 1.54) is 0 Å². The summed E-state index contributed by atoms with van der Waals surface area (Å²) < 4.78 is 4.93. The molecule has 1 unspecified atom stereocenters. The molecule has 1 aromatic heterocycles. The van der Waals surface area contributed by atoms with Gasteiger partial charge in [-0.2, -0.15) is 4.98 Å². The molecule has 1 atom stereocenters. The zero-order chi connectivity index (χ0) is 13.8. The number of benzene rings is 1. The largest absolute Gasteiger partial charge is 0.340 e. The number of halogens is 2. The van der Waals surface area contributed by atoms with E-state index in [1.54, 1.807) is 6.92 Å². The van der Waals surface area contributed by atoms with Crippen LogP contribution >= 0.6 is 23.2 Å². The van der Waals surface area contributed by atoms with Gasteiger partial charge in [0.15, 0.2) is 5.82 Å². The highest BCUT2D eigenvalue weighted by molar-refractivity contribution is 6.42. The van der Waals surface area contributed by atoms with E-state index in [4.69, 9.17) is 27.7 Å². The van der Waals surface area contributed by atoms with E-state index in [1.807, 2.05) is 18.2 Å². The lowest BCUT2D eigenvalue weighted by Gasteiger charge is -2.16. The van der Waals surface area contributed by atoms with Crippen LogP contribution in [0.25, 0.3) is 0 Å². The quantitative estimate of drug-likeness (QED) is 0.909. The van der Waals surface area contributed by atoms with E-state index in [2.05, 4.69) is 22.4 Å². The smallest absolute Gasteiger partial charge is 0.223 e. The molecule has 1 N–H and O–H groups in total. The number of hydrogen-bond donors (Lipinski definition) is 1. The van der Waals surface area contributed by atoms with Crippen molar-refractivity contribution in [2.45, 2.75) is 32.9 Å². The predicted molar refractivity (Wildman–Crippen MR) is 75.4 cm³/mol. The van der Waals surface area contributed by atoms with Gasteiger partial charge in [-0.05, 0) is 24.1 Å². The van der Waals surface area contributed by atoms with Crippen molar-refractivity contribution in [3.8, 4) is 0 Å². The van der Waals surface area contributed by atoms with Gasteiger partial charge in [-0.15, -0.1) is 0 Å². The highest BCUT2D eigenvalue weighted by Gasteiger charge is 2.12. The Morgan fingerprint density at radius 1 is 1.32 bits per heavy atom. The maximum atomic E-state index is 6.04. The molecule has 19 heavy (non-hydrogen) atoms. The van der Waals surface area contributed by atoms with Crippen LogP contribution in [0.3, 0.4) is 0 Å². The van der Waals surface area contributed by atoms with Gasteiger partial charge >= 0.3 is 0 Å². The van der Waals surface area contributed by atoms with Crippen molar-refractivity contribution >= 4 is 23.2 Å². The van der Waals surface area contributed by atoms with Crippen LogP contribution in [0.15, 0.2) is 22.7 Å². The molecular formula is C13H15Cl2N3O. The van der Waals surface area contributed by atoms with Crippen molar-refractivity contribution in [1.82, 2.24) is 15.5 Å². The van der Waals surface area contributed by atoms with Crippen molar-refractivity contribution in [2.24, 2.45) is 0 Å². The molecule has 0 aliphatic carbocycles. The second kappa shape index (κ2) is 6.37. The molecule has 6 heteroatoms. The molecule has 2 rings (SSSR count). The minimum absolute atomic E-state index is 0.175. The SMILES string of the molecule is CCC(NCc1noc(C)n1)c1ccc(Cl)c(Cl)c1. The van der Waals surface area contributed by atoms with Gasteiger partial charge in [0.2, 0.25) is 5.89 Å². The lowest BCUT2D eigenvalue weighted by Crippen LogP contribution is -2.21. The van der Waals surface area contributed by atoms with E-state index in [9.17, 15) is 0 Å². The minimum Gasteiger partial charge on any atom is -0.340 e. The molecule has 4 nitrogen and oxygen atoms in total. The van der Waals surface area contributed by atoms with Crippen molar-refractivity contribution < 1.29 is 4.52 Å². The molecule has 0 bridgehead atoms. The first kappa shape index (κ1) is 14.3. The van der Waals surface area contributed by atoms with Crippen LogP contribution in [0.1, 0.15) is 36.7 Å². The topological polar surface area (TPSA) is 51.0 Å². The van der Waals surface area contributed by atoms with Crippen LogP contribution in [0, 0.1) is 6.92 Å². The fourth-order valence-corrected chi connectivity index (χ4v) is 2.16. The second-order valence-corrected chi connectivity index (χ2v) is 5.06. The molecule has 0 spiro atoms. The molecule has 0 saturated heterocycles. The number of rotatable bonds is 5. The van der Waals surface area contributed by atoms with Crippen LogP contribution in [0.4, 0.5) is 0 Å². The third-order valence-corrected chi connectivity index (χ3v) is 3.57. The molecule has 0 aliphatic rings. The van der Waals surface area contributed by atoms with Crippen molar-refractivity contribution in [3.05, 3.63) is 45.5 Å². The Labute approximate surface area is 122 Å². The predicted octanol–water partition coefficient (Wildman–Crippen LogP) is 3.93. The van der Waals surface area contributed by atoms with Crippen LogP contribution in [-0.4, -0.2) is 10.1 Å². The average Bonchev–Trinajstić information content (AvgIpc) is 2.80. The average molecular weight is 300 g/mol. The van der Waals surface area contributed by atoms with E-state index >= 15 is 0 Å². The lowest BCUT2D eigenvalue weighted by molar-refractivity contribution is 0.383. The summed E-state index contributed by atoms with van der Waals surface area (Å²) >= 11 is 12.0. The van der Waals surface area contributed by atoms with E-state index in [0.717, 1.165) is 12.0 Å². The zero-order valence-corrected chi connectivity index (χ0v) is 12.3. The Morgan fingerprint density at radius 3 is 2.68 bits per heavy atom. The summed E-state index contributed by atoms with van der Waals surface area (Å²) in [6.45, 7) is 4.42. The standard InChI is InChI=1S/C13H15Cl2N3O/c1-3-12(9-4-5-10(14)11(15)6-9)16-7-13-17-8(2)19-18-13/h4-6,12,16H,3,7H2,1-2H3. The molecule has 0 aliphatic heterocycles. The summed E-state index contributed by atoms with van der Waals surface area (Å²) in [5, 5.41) is 8.36.